The number of hydrogen-bond donors (Lipinski definition) is 1. The van der Waals surface area contributed by atoms with Gasteiger partial charge in [0.15, 0.2) is 0 Å². The van der Waals surface area contributed by atoms with Crippen LogP contribution in [0.25, 0.3) is 11.3 Å². The van der Waals surface area contributed by atoms with Gasteiger partial charge in [-0.25, -0.2) is 0 Å². The topological polar surface area (TPSA) is 70.8 Å². The fourth-order valence-corrected chi connectivity index (χ4v) is 2.12. The molecule has 0 saturated heterocycles. The molecule has 0 amide bonds. The minimum absolute atomic E-state index is 0.209. The summed E-state index contributed by atoms with van der Waals surface area (Å²) in [5.74, 6) is 1.39. The SMILES string of the molecule is COc1c(C)cc(C)cc1-c1ccc(NCC#N)nn1. The summed E-state index contributed by atoms with van der Waals surface area (Å²) >= 11 is 0. The Morgan fingerprint density at radius 1 is 1.25 bits per heavy atom. The van der Waals surface area contributed by atoms with Crippen molar-refractivity contribution >= 4 is 5.82 Å². The predicted octanol–water partition coefficient (Wildman–Crippen LogP) is 2.70. The molecule has 20 heavy (non-hydrogen) atoms. The van der Waals surface area contributed by atoms with Gasteiger partial charge >= 0.3 is 0 Å². The van der Waals surface area contributed by atoms with E-state index in [2.05, 4.69) is 21.6 Å². The van der Waals surface area contributed by atoms with Crippen LogP contribution in [0, 0.1) is 25.2 Å². The maximum absolute atomic E-state index is 8.51. The van der Waals surface area contributed by atoms with E-state index in [9.17, 15) is 0 Å². The zero-order valence-electron chi connectivity index (χ0n) is 11.8. The highest BCUT2D eigenvalue weighted by molar-refractivity contribution is 5.70. The maximum Gasteiger partial charge on any atom is 0.149 e. The summed E-state index contributed by atoms with van der Waals surface area (Å²) in [6.45, 7) is 4.25. The van der Waals surface area contributed by atoms with Crippen LogP contribution in [-0.2, 0) is 0 Å². The zero-order valence-corrected chi connectivity index (χ0v) is 11.8. The molecule has 0 radical (unpaired) electrons. The smallest absolute Gasteiger partial charge is 0.149 e. The Bertz CT molecular complexity index is 644. The summed E-state index contributed by atoms with van der Waals surface area (Å²) in [6.07, 6.45) is 0. The normalized spacial score (nSPS) is 9.90. The van der Waals surface area contributed by atoms with Crippen LogP contribution in [0.15, 0.2) is 24.3 Å². The van der Waals surface area contributed by atoms with Crippen molar-refractivity contribution in [1.82, 2.24) is 10.2 Å². The molecule has 0 saturated carbocycles. The van der Waals surface area contributed by atoms with E-state index in [0.29, 0.717) is 5.82 Å². The van der Waals surface area contributed by atoms with Crippen LogP contribution in [-0.4, -0.2) is 23.9 Å². The number of aromatic nitrogens is 2. The molecule has 0 aliphatic rings. The van der Waals surface area contributed by atoms with Crippen LogP contribution >= 0.6 is 0 Å². The number of methoxy groups -OCH3 is 1. The molecule has 1 aromatic carbocycles. The van der Waals surface area contributed by atoms with Gasteiger partial charge < -0.3 is 10.1 Å². The van der Waals surface area contributed by atoms with Crippen molar-refractivity contribution in [2.75, 3.05) is 19.0 Å². The number of nitriles is 1. The standard InChI is InChI=1S/C15H16N4O/c1-10-8-11(2)15(20-3)12(9-10)13-4-5-14(19-18-13)17-7-6-16/h4-5,8-9H,7H2,1-3H3,(H,17,19). The fourth-order valence-electron chi connectivity index (χ4n) is 2.12. The molecule has 2 aromatic rings. The summed E-state index contributed by atoms with van der Waals surface area (Å²) in [6, 6.07) is 9.76. The third-order valence-electron chi connectivity index (χ3n) is 2.91. The average Bonchev–Trinajstić information content (AvgIpc) is 2.45. The number of rotatable bonds is 4. The van der Waals surface area contributed by atoms with E-state index in [0.717, 1.165) is 28.1 Å². The number of benzene rings is 1. The lowest BCUT2D eigenvalue weighted by molar-refractivity contribution is 0.413. The number of anilines is 1. The van der Waals surface area contributed by atoms with Crippen LogP contribution in [0.1, 0.15) is 11.1 Å². The van der Waals surface area contributed by atoms with E-state index in [4.69, 9.17) is 10.00 Å². The van der Waals surface area contributed by atoms with Crippen molar-refractivity contribution in [3.63, 3.8) is 0 Å². The van der Waals surface area contributed by atoms with Gasteiger partial charge in [-0.1, -0.05) is 6.07 Å². The Hall–Kier alpha value is -2.61. The van der Waals surface area contributed by atoms with Gasteiger partial charge in [-0.15, -0.1) is 10.2 Å². The highest BCUT2D eigenvalue weighted by atomic mass is 16.5. The maximum atomic E-state index is 8.51. The van der Waals surface area contributed by atoms with Gasteiger partial charge in [0.1, 0.15) is 18.1 Å². The molecule has 102 valence electrons. The summed E-state index contributed by atoms with van der Waals surface area (Å²) in [4.78, 5) is 0. The highest BCUT2D eigenvalue weighted by Gasteiger charge is 2.11. The van der Waals surface area contributed by atoms with Crippen LogP contribution < -0.4 is 10.1 Å². The molecule has 0 unspecified atom stereocenters. The first-order chi connectivity index (χ1) is 9.65. The lowest BCUT2D eigenvalue weighted by Crippen LogP contribution is -2.02. The van der Waals surface area contributed by atoms with Crippen molar-refractivity contribution in [2.45, 2.75) is 13.8 Å². The number of nitrogens with one attached hydrogen (secondary N) is 1. The van der Waals surface area contributed by atoms with E-state index in [-0.39, 0.29) is 6.54 Å². The number of hydrogen-bond acceptors (Lipinski definition) is 5. The summed E-state index contributed by atoms with van der Waals surface area (Å²) < 4.78 is 5.45. The van der Waals surface area contributed by atoms with E-state index < -0.39 is 0 Å². The summed E-state index contributed by atoms with van der Waals surface area (Å²) in [7, 11) is 1.65. The first kappa shape index (κ1) is 13.8. The van der Waals surface area contributed by atoms with Crippen molar-refractivity contribution in [3.8, 4) is 23.1 Å². The van der Waals surface area contributed by atoms with Gasteiger partial charge in [0.2, 0.25) is 0 Å². The van der Waals surface area contributed by atoms with Crippen molar-refractivity contribution < 1.29 is 4.74 Å². The predicted molar refractivity (Wildman–Crippen MR) is 77.6 cm³/mol. The lowest BCUT2D eigenvalue weighted by atomic mass is 10.0. The van der Waals surface area contributed by atoms with Crippen LogP contribution in [0.3, 0.4) is 0 Å². The molecular formula is C15H16N4O. The van der Waals surface area contributed by atoms with Gasteiger partial charge in [0.25, 0.3) is 0 Å². The molecule has 0 spiro atoms. The Labute approximate surface area is 118 Å². The Morgan fingerprint density at radius 3 is 2.65 bits per heavy atom. The minimum Gasteiger partial charge on any atom is -0.496 e. The first-order valence-electron chi connectivity index (χ1n) is 6.26. The van der Waals surface area contributed by atoms with Gasteiger partial charge in [-0.05, 0) is 43.2 Å². The molecule has 2 rings (SSSR count). The van der Waals surface area contributed by atoms with E-state index >= 15 is 0 Å². The van der Waals surface area contributed by atoms with Gasteiger partial charge in [-0.2, -0.15) is 5.26 Å². The van der Waals surface area contributed by atoms with E-state index in [1.54, 1.807) is 13.2 Å². The van der Waals surface area contributed by atoms with E-state index in [1.807, 2.05) is 32.0 Å². The molecule has 1 aromatic heterocycles. The Morgan fingerprint density at radius 2 is 2.05 bits per heavy atom. The molecule has 1 heterocycles. The second-order valence-corrected chi connectivity index (χ2v) is 4.48. The molecule has 0 fully saturated rings. The number of aryl methyl sites for hydroxylation is 2. The fraction of sp³-hybridized carbons (Fsp3) is 0.267. The summed E-state index contributed by atoms with van der Waals surface area (Å²) in [5, 5.41) is 19.6. The van der Waals surface area contributed by atoms with Crippen LogP contribution in [0.4, 0.5) is 5.82 Å². The first-order valence-corrected chi connectivity index (χ1v) is 6.26. The molecule has 5 heteroatoms. The Balaban J connectivity index is 2.39. The molecule has 0 aliphatic carbocycles. The molecule has 0 aliphatic heterocycles. The van der Waals surface area contributed by atoms with Crippen LogP contribution in [0.2, 0.25) is 0 Å². The van der Waals surface area contributed by atoms with Gasteiger partial charge in [0.05, 0.1) is 18.9 Å². The highest BCUT2D eigenvalue weighted by Crippen LogP contribution is 2.32. The lowest BCUT2D eigenvalue weighted by Gasteiger charge is -2.12. The second-order valence-electron chi connectivity index (χ2n) is 4.48. The third kappa shape index (κ3) is 2.86. The summed E-state index contributed by atoms with van der Waals surface area (Å²) in [5.41, 5.74) is 3.88. The molecule has 5 nitrogen and oxygen atoms in total. The largest absolute Gasteiger partial charge is 0.496 e. The van der Waals surface area contributed by atoms with Gasteiger partial charge in [0, 0.05) is 5.56 Å². The molecule has 0 atom stereocenters. The number of ether oxygens (including phenoxy) is 1. The average molecular weight is 268 g/mol. The third-order valence-corrected chi connectivity index (χ3v) is 2.91. The van der Waals surface area contributed by atoms with Crippen LogP contribution in [0.5, 0.6) is 5.75 Å². The minimum atomic E-state index is 0.209. The van der Waals surface area contributed by atoms with Crippen molar-refractivity contribution in [1.29, 1.82) is 5.26 Å². The van der Waals surface area contributed by atoms with Gasteiger partial charge in [-0.3, -0.25) is 0 Å². The van der Waals surface area contributed by atoms with Crippen molar-refractivity contribution in [3.05, 3.63) is 35.4 Å². The monoisotopic (exact) mass is 268 g/mol. The quantitative estimate of drug-likeness (QED) is 0.863. The van der Waals surface area contributed by atoms with E-state index in [1.165, 1.54) is 0 Å². The second kappa shape index (κ2) is 6.02. The zero-order chi connectivity index (χ0) is 14.5. The Kier molecular flexibility index (Phi) is 4.16. The molecular weight excluding hydrogens is 252 g/mol. The van der Waals surface area contributed by atoms with Crippen molar-refractivity contribution in [2.24, 2.45) is 0 Å². The molecule has 0 bridgehead atoms. The molecule has 1 N–H and O–H groups in total. The number of nitrogens with zero attached hydrogens (tertiary/aromatic N) is 3.